The molecule has 1 N–H and O–H groups in total. The third kappa shape index (κ3) is 4.60. The quantitative estimate of drug-likeness (QED) is 0.806. The summed E-state index contributed by atoms with van der Waals surface area (Å²) >= 11 is 0. The van der Waals surface area contributed by atoms with Crippen LogP contribution in [0.15, 0.2) is 47.8 Å². The van der Waals surface area contributed by atoms with E-state index in [-0.39, 0.29) is 11.5 Å². The maximum atomic E-state index is 12.4. The molecule has 7 nitrogen and oxygen atoms in total. The van der Waals surface area contributed by atoms with Crippen LogP contribution in [0, 0.1) is 12.3 Å². The van der Waals surface area contributed by atoms with Gasteiger partial charge in [-0.15, -0.1) is 0 Å². The maximum absolute atomic E-state index is 12.4. The molecule has 4 rings (SSSR count). The third-order valence-electron chi connectivity index (χ3n) is 6.17. The molecule has 0 radical (unpaired) electrons. The first kappa shape index (κ1) is 20.3. The van der Waals surface area contributed by atoms with Crippen LogP contribution in [0.4, 0.5) is 5.82 Å². The zero-order chi connectivity index (χ0) is 20.3. The van der Waals surface area contributed by atoms with Crippen molar-refractivity contribution in [2.45, 2.75) is 43.6 Å². The molecule has 156 valence electrons. The van der Waals surface area contributed by atoms with Gasteiger partial charge in [-0.2, -0.15) is 0 Å². The number of aryl methyl sites for hydroxylation is 1. The topological polar surface area (TPSA) is 84.4 Å². The van der Waals surface area contributed by atoms with E-state index < -0.39 is 10.0 Å². The zero-order valence-corrected chi connectivity index (χ0v) is 17.6. The number of anilines is 1. The molecule has 1 aromatic carbocycles. The Morgan fingerprint density at radius 2 is 1.97 bits per heavy atom. The molecule has 29 heavy (non-hydrogen) atoms. The number of rotatable bonds is 5. The summed E-state index contributed by atoms with van der Waals surface area (Å²) in [6, 6.07) is 8.47. The number of aromatic nitrogens is 2. The summed E-state index contributed by atoms with van der Waals surface area (Å²) in [4.78, 5) is 11.1. The Morgan fingerprint density at radius 3 is 2.62 bits per heavy atom. The second-order valence-electron chi connectivity index (χ2n) is 8.15. The highest BCUT2D eigenvalue weighted by Crippen LogP contribution is 2.41. The minimum Gasteiger partial charge on any atom is -0.376 e. The van der Waals surface area contributed by atoms with Crippen LogP contribution in [0.5, 0.6) is 0 Å². The van der Waals surface area contributed by atoms with Crippen molar-refractivity contribution in [1.82, 2.24) is 14.7 Å². The molecule has 0 unspecified atom stereocenters. The lowest BCUT2D eigenvalue weighted by atomic mass is 9.73. The van der Waals surface area contributed by atoms with Crippen LogP contribution >= 0.6 is 0 Å². The van der Waals surface area contributed by atoms with Gasteiger partial charge >= 0.3 is 0 Å². The van der Waals surface area contributed by atoms with Crippen LogP contribution in [0.3, 0.4) is 0 Å². The zero-order valence-electron chi connectivity index (χ0n) is 16.8. The monoisotopic (exact) mass is 416 g/mol. The lowest BCUT2D eigenvalue weighted by molar-refractivity contribution is -0.0690. The molecule has 1 spiro atoms. The fourth-order valence-electron chi connectivity index (χ4n) is 4.27. The molecule has 0 amide bonds. The molecule has 8 heteroatoms. The van der Waals surface area contributed by atoms with E-state index in [2.05, 4.69) is 19.6 Å². The number of nitrogens with one attached hydrogen (secondary N) is 1. The van der Waals surface area contributed by atoms with Crippen molar-refractivity contribution >= 4 is 15.8 Å². The van der Waals surface area contributed by atoms with Crippen LogP contribution in [-0.2, 0) is 14.8 Å². The molecule has 2 aliphatic rings. The summed E-state index contributed by atoms with van der Waals surface area (Å²) in [7, 11) is -3.48. The minimum atomic E-state index is -3.48. The van der Waals surface area contributed by atoms with Gasteiger partial charge in [0.2, 0.25) is 10.0 Å². The maximum Gasteiger partial charge on any atom is 0.240 e. The fraction of sp³-hybridized carbons (Fsp3) is 0.524. The van der Waals surface area contributed by atoms with Crippen LogP contribution in [0.2, 0.25) is 0 Å². The van der Waals surface area contributed by atoms with Crippen molar-refractivity contribution in [3.63, 3.8) is 0 Å². The molecule has 1 atom stereocenters. The Hall–Kier alpha value is -2.03. The average molecular weight is 417 g/mol. The molecule has 2 saturated heterocycles. The summed E-state index contributed by atoms with van der Waals surface area (Å²) in [6.07, 6.45) is 7.49. The number of hydrogen-bond acceptors (Lipinski definition) is 6. The van der Waals surface area contributed by atoms with Gasteiger partial charge in [-0.25, -0.2) is 23.1 Å². The number of benzene rings is 1. The van der Waals surface area contributed by atoms with Crippen molar-refractivity contribution in [1.29, 1.82) is 0 Å². The number of nitrogens with zero attached hydrogens (tertiary/aromatic N) is 3. The lowest BCUT2D eigenvalue weighted by Crippen LogP contribution is -2.48. The first-order chi connectivity index (χ1) is 14.0. The van der Waals surface area contributed by atoms with Gasteiger partial charge in [-0.1, -0.05) is 18.2 Å². The summed E-state index contributed by atoms with van der Waals surface area (Å²) in [5, 5.41) is 0. The van der Waals surface area contributed by atoms with Gasteiger partial charge in [0.25, 0.3) is 0 Å². The highest BCUT2D eigenvalue weighted by atomic mass is 32.2. The molecule has 1 aromatic heterocycles. The van der Waals surface area contributed by atoms with E-state index in [9.17, 15) is 8.42 Å². The molecule has 3 heterocycles. The van der Waals surface area contributed by atoms with E-state index in [1.165, 1.54) is 0 Å². The number of sulfonamides is 1. The van der Waals surface area contributed by atoms with Crippen LogP contribution in [0.25, 0.3) is 0 Å². The van der Waals surface area contributed by atoms with E-state index in [4.69, 9.17) is 4.74 Å². The predicted molar refractivity (Wildman–Crippen MR) is 111 cm³/mol. The molecular weight excluding hydrogens is 388 g/mol. The van der Waals surface area contributed by atoms with E-state index >= 15 is 0 Å². The Balaban J connectivity index is 1.27. The molecule has 0 bridgehead atoms. The first-order valence-corrected chi connectivity index (χ1v) is 11.6. The molecular formula is C21H28N4O3S. The Labute approximate surface area is 172 Å². The standard InChI is InChI=1S/C21H28N4O3S/c1-17-13-22-16-23-20(17)25-11-9-21(10-12-25)8-7-18(28-15-21)14-24-29(26,27)19-5-3-2-4-6-19/h2-6,13,16,18,24H,7-12,14-15H2,1H3/t18-/m1/s1. The highest BCUT2D eigenvalue weighted by molar-refractivity contribution is 7.89. The van der Waals surface area contributed by atoms with Crippen molar-refractivity contribution in [3.05, 3.63) is 48.4 Å². The lowest BCUT2D eigenvalue weighted by Gasteiger charge is -2.46. The average Bonchev–Trinajstić information content (AvgIpc) is 2.75. The van der Waals surface area contributed by atoms with Gasteiger partial charge in [0.05, 0.1) is 17.6 Å². The van der Waals surface area contributed by atoms with E-state index in [1.807, 2.05) is 13.1 Å². The largest absolute Gasteiger partial charge is 0.376 e. The van der Waals surface area contributed by atoms with Crippen molar-refractivity contribution in [2.75, 3.05) is 31.1 Å². The van der Waals surface area contributed by atoms with Crippen LogP contribution in [0.1, 0.15) is 31.2 Å². The molecule has 0 aliphatic carbocycles. The smallest absolute Gasteiger partial charge is 0.240 e. The van der Waals surface area contributed by atoms with Crippen molar-refractivity contribution in [2.24, 2.45) is 5.41 Å². The molecule has 2 aromatic rings. The normalized spacial score (nSPS) is 22.0. The summed E-state index contributed by atoms with van der Waals surface area (Å²) in [5.41, 5.74) is 1.31. The van der Waals surface area contributed by atoms with Crippen LogP contribution < -0.4 is 9.62 Å². The van der Waals surface area contributed by atoms with Gasteiger partial charge in [0.1, 0.15) is 12.1 Å². The minimum absolute atomic E-state index is 0.0683. The predicted octanol–water partition coefficient (Wildman–Crippen LogP) is 2.53. The van der Waals surface area contributed by atoms with Crippen molar-refractivity contribution in [3.8, 4) is 0 Å². The van der Waals surface area contributed by atoms with E-state index in [0.29, 0.717) is 18.0 Å². The van der Waals surface area contributed by atoms with Gasteiger partial charge < -0.3 is 9.64 Å². The van der Waals surface area contributed by atoms with E-state index in [1.54, 1.807) is 36.7 Å². The molecule has 2 fully saturated rings. The molecule has 0 saturated carbocycles. The Bertz CT molecular complexity index is 918. The molecule has 2 aliphatic heterocycles. The summed E-state index contributed by atoms with van der Waals surface area (Å²) in [5.74, 6) is 1.03. The Morgan fingerprint density at radius 1 is 1.21 bits per heavy atom. The van der Waals surface area contributed by atoms with Crippen molar-refractivity contribution < 1.29 is 13.2 Å². The third-order valence-corrected chi connectivity index (χ3v) is 7.61. The first-order valence-electron chi connectivity index (χ1n) is 10.2. The van der Waals surface area contributed by atoms with Crippen LogP contribution in [-0.4, -0.2) is 50.7 Å². The second-order valence-corrected chi connectivity index (χ2v) is 9.92. The fourth-order valence-corrected chi connectivity index (χ4v) is 5.36. The van der Waals surface area contributed by atoms with Gasteiger partial charge in [0.15, 0.2) is 0 Å². The van der Waals surface area contributed by atoms with Gasteiger partial charge in [-0.3, -0.25) is 0 Å². The SMILES string of the molecule is Cc1cncnc1N1CCC2(CC[C@H](CNS(=O)(=O)c3ccccc3)OC2)CC1. The number of hydrogen-bond donors (Lipinski definition) is 1. The summed E-state index contributed by atoms with van der Waals surface area (Å²) in [6.45, 7) is 4.99. The Kier molecular flexibility index (Phi) is 5.85. The van der Waals surface area contributed by atoms with Gasteiger partial charge in [-0.05, 0) is 50.2 Å². The van der Waals surface area contributed by atoms with E-state index in [0.717, 1.165) is 50.2 Å². The highest BCUT2D eigenvalue weighted by Gasteiger charge is 2.39. The second kappa shape index (κ2) is 8.38. The number of ether oxygens (including phenoxy) is 1. The van der Waals surface area contributed by atoms with Gasteiger partial charge in [0, 0.05) is 31.4 Å². The summed E-state index contributed by atoms with van der Waals surface area (Å²) < 4.78 is 33.6. The number of piperidine rings is 1.